The van der Waals surface area contributed by atoms with E-state index in [1.807, 2.05) is 0 Å². The van der Waals surface area contributed by atoms with E-state index in [9.17, 15) is 0 Å². The van der Waals surface area contributed by atoms with Crippen molar-refractivity contribution in [2.45, 2.75) is 130 Å². The number of aryl methyl sites for hydroxylation is 3. The predicted molar refractivity (Wildman–Crippen MR) is 124 cm³/mol. The van der Waals surface area contributed by atoms with Crippen molar-refractivity contribution in [3.63, 3.8) is 0 Å². The van der Waals surface area contributed by atoms with Crippen molar-refractivity contribution in [1.82, 2.24) is 0 Å². The second-order valence-electron chi connectivity index (χ2n) is 8.43. The van der Waals surface area contributed by atoms with Gasteiger partial charge in [0.2, 0.25) is 0 Å². The Bertz CT molecular complexity index is 438. The minimum Gasteiger partial charge on any atom is -0.0654 e. The van der Waals surface area contributed by atoms with Crippen LogP contribution in [0.15, 0.2) is 12.1 Å². The molecule has 1 aromatic rings. The zero-order valence-corrected chi connectivity index (χ0v) is 18.9. The molecule has 1 radical (unpaired) electrons. The van der Waals surface area contributed by atoms with Gasteiger partial charge in [0.1, 0.15) is 0 Å². The Kier molecular flexibility index (Phi) is 14.6. The van der Waals surface area contributed by atoms with Gasteiger partial charge in [0.15, 0.2) is 0 Å². The van der Waals surface area contributed by atoms with Crippen LogP contribution in [0.3, 0.4) is 0 Å². The van der Waals surface area contributed by atoms with E-state index in [4.69, 9.17) is 0 Å². The molecule has 0 fully saturated rings. The van der Waals surface area contributed by atoms with Gasteiger partial charge in [0.25, 0.3) is 0 Å². The van der Waals surface area contributed by atoms with Gasteiger partial charge in [0, 0.05) is 0 Å². The molecule has 155 valence electrons. The van der Waals surface area contributed by atoms with E-state index in [1.165, 1.54) is 96.3 Å². The third-order valence-corrected chi connectivity index (χ3v) is 5.84. The molecular weight excluding hydrogens is 324 g/mol. The molecule has 1 rings (SSSR count). The molecule has 0 spiro atoms. The summed E-state index contributed by atoms with van der Waals surface area (Å²) in [6.45, 7) is 11.0. The Hall–Kier alpha value is -0.780. The lowest BCUT2D eigenvalue weighted by molar-refractivity contribution is 0.638. The number of hydrogen-bond acceptors (Lipinski definition) is 0. The number of rotatable bonds is 17. The average Bonchev–Trinajstić information content (AvgIpc) is 2.67. The van der Waals surface area contributed by atoms with Crippen molar-refractivity contribution in [3.05, 3.63) is 41.3 Å². The van der Waals surface area contributed by atoms with Crippen molar-refractivity contribution >= 4 is 0 Å². The molecule has 0 aromatic heterocycles. The lowest BCUT2D eigenvalue weighted by atomic mass is 9.87. The molecule has 0 heterocycles. The van der Waals surface area contributed by atoms with Crippen LogP contribution in [0.5, 0.6) is 0 Å². The maximum Gasteiger partial charge on any atom is -0.0273 e. The molecule has 0 amide bonds. The normalized spacial score (nSPS) is 11.3. The van der Waals surface area contributed by atoms with Gasteiger partial charge in [-0.1, -0.05) is 97.6 Å². The zero-order valence-electron chi connectivity index (χ0n) is 18.9. The summed E-state index contributed by atoms with van der Waals surface area (Å²) in [6, 6.07) is 5.09. The molecule has 0 saturated carbocycles. The highest BCUT2D eigenvalue weighted by atomic mass is 14.2. The first kappa shape index (κ1) is 24.3. The molecule has 0 saturated heterocycles. The quantitative estimate of drug-likeness (QED) is 0.240. The zero-order chi connectivity index (χ0) is 19.7. The van der Waals surface area contributed by atoms with Crippen molar-refractivity contribution in [2.75, 3.05) is 0 Å². The molecule has 1 aromatic carbocycles. The second kappa shape index (κ2) is 16.2. The number of benzene rings is 1. The first-order valence-corrected chi connectivity index (χ1v) is 12.2. The van der Waals surface area contributed by atoms with E-state index in [2.05, 4.69) is 39.8 Å². The molecule has 0 N–H and O–H groups in total. The maximum atomic E-state index is 4.11. The highest BCUT2D eigenvalue weighted by Crippen LogP contribution is 2.25. The summed E-state index contributed by atoms with van der Waals surface area (Å²) < 4.78 is 0. The number of hydrogen-bond donors (Lipinski definition) is 0. The Labute approximate surface area is 171 Å². The van der Waals surface area contributed by atoms with E-state index < -0.39 is 0 Å². The van der Waals surface area contributed by atoms with Crippen LogP contribution in [0.1, 0.15) is 126 Å². The third-order valence-electron chi connectivity index (χ3n) is 5.84. The van der Waals surface area contributed by atoms with Gasteiger partial charge in [-0.25, -0.2) is 0 Å². The summed E-state index contributed by atoms with van der Waals surface area (Å²) in [6.07, 6.45) is 22.4. The first-order chi connectivity index (χ1) is 13.3. The highest BCUT2D eigenvalue weighted by molar-refractivity contribution is 5.40. The van der Waals surface area contributed by atoms with Crippen LogP contribution in [0, 0.1) is 6.92 Å². The molecule has 0 aliphatic rings. The van der Waals surface area contributed by atoms with Gasteiger partial charge in [-0.15, -0.1) is 0 Å². The lowest BCUT2D eigenvalue weighted by Gasteiger charge is -2.18. The van der Waals surface area contributed by atoms with Crippen LogP contribution in [0.2, 0.25) is 0 Å². The Morgan fingerprint density at radius 2 is 1.00 bits per heavy atom. The fourth-order valence-corrected chi connectivity index (χ4v) is 4.20. The minimum atomic E-state index is 1.01. The smallest absolute Gasteiger partial charge is 0.0273 e. The summed E-state index contributed by atoms with van der Waals surface area (Å²) in [5, 5.41) is 0. The first-order valence-electron chi connectivity index (χ1n) is 12.2. The molecule has 0 aliphatic heterocycles. The van der Waals surface area contributed by atoms with Crippen molar-refractivity contribution in [1.29, 1.82) is 0 Å². The summed E-state index contributed by atoms with van der Waals surface area (Å²) >= 11 is 0. The Balaban J connectivity index is 2.94. The fourth-order valence-electron chi connectivity index (χ4n) is 4.20. The van der Waals surface area contributed by atoms with Crippen LogP contribution in [0.25, 0.3) is 0 Å². The van der Waals surface area contributed by atoms with Gasteiger partial charge >= 0.3 is 0 Å². The van der Waals surface area contributed by atoms with Crippen LogP contribution < -0.4 is 0 Å². The van der Waals surface area contributed by atoms with Gasteiger partial charge in [-0.2, -0.15) is 0 Å². The van der Waals surface area contributed by atoms with Gasteiger partial charge in [-0.3, -0.25) is 0 Å². The predicted octanol–water partition coefficient (Wildman–Crippen LogP) is 8.82. The van der Waals surface area contributed by atoms with Crippen LogP contribution in [-0.4, -0.2) is 0 Å². The van der Waals surface area contributed by atoms with Gasteiger partial charge < -0.3 is 0 Å². The summed E-state index contributed by atoms with van der Waals surface area (Å²) in [7, 11) is 0. The molecule has 0 unspecified atom stereocenters. The molecule has 0 nitrogen and oxygen atoms in total. The summed E-state index contributed by atoms with van der Waals surface area (Å²) in [5.41, 5.74) is 6.63. The topological polar surface area (TPSA) is 0 Å². The SMILES string of the molecule is [CH2]CCc1cc(CCCCCC)c(CCCCCC)c(CCCCCC)c1. The van der Waals surface area contributed by atoms with E-state index in [1.54, 1.807) is 22.3 Å². The second-order valence-corrected chi connectivity index (χ2v) is 8.43. The number of unbranched alkanes of at least 4 members (excludes halogenated alkanes) is 9. The molecular formula is C27H47. The summed E-state index contributed by atoms with van der Waals surface area (Å²) in [4.78, 5) is 0. The minimum absolute atomic E-state index is 1.01. The van der Waals surface area contributed by atoms with E-state index in [-0.39, 0.29) is 0 Å². The largest absolute Gasteiger partial charge is 0.0654 e. The van der Waals surface area contributed by atoms with Gasteiger partial charge in [-0.05, 0) is 73.6 Å². The molecule has 0 heteroatoms. The average molecular weight is 372 g/mol. The molecule has 0 aliphatic carbocycles. The van der Waals surface area contributed by atoms with E-state index in [0.29, 0.717) is 0 Å². The fraction of sp³-hybridized carbons (Fsp3) is 0.741. The van der Waals surface area contributed by atoms with Gasteiger partial charge in [0.05, 0.1) is 0 Å². The summed E-state index contributed by atoms with van der Waals surface area (Å²) in [5.74, 6) is 0. The van der Waals surface area contributed by atoms with Crippen molar-refractivity contribution in [3.8, 4) is 0 Å². The monoisotopic (exact) mass is 371 g/mol. The van der Waals surface area contributed by atoms with Crippen LogP contribution >= 0.6 is 0 Å². The standard InChI is InChI=1S/C27H47/c1-5-9-12-15-19-25-22-24(18-8-4)23-26(20-16-13-10-6-2)27(25)21-17-14-11-7-3/h22-23H,4-21H2,1-3H3. The van der Waals surface area contributed by atoms with E-state index >= 15 is 0 Å². The molecule has 0 atom stereocenters. The Morgan fingerprint density at radius 1 is 0.556 bits per heavy atom. The molecule has 0 bridgehead atoms. The third kappa shape index (κ3) is 10.4. The van der Waals surface area contributed by atoms with Crippen LogP contribution in [0.4, 0.5) is 0 Å². The van der Waals surface area contributed by atoms with E-state index in [0.717, 1.165) is 12.8 Å². The highest BCUT2D eigenvalue weighted by Gasteiger charge is 2.11. The molecule has 27 heavy (non-hydrogen) atoms. The van der Waals surface area contributed by atoms with Crippen LogP contribution in [-0.2, 0) is 25.7 Å². The Morgan fingerprint density at radius 3 is 1.41 bits per heavy atom. The maximum absolute atomic E-state index is 4.11. The van der Waals surface area contributed by atoms with Crippen molar-refractivity contribution in [2.24, 2.45) is 0 Å². The lowest BCUT2D eigenvalue weighted by Crippen LogP contribution is -2.04. The van der Waals surface area contributed by atoms with Crippen molar-refractivity contribution < 1.29 is 0 Å².